The van der Waals surface area contributed by atoms with E-state index in [1.807, 2.05) is 12.1 Å². The van der Waals surface area contributed by atoms with Gasteiger partial charge in [0.25, 0.3) is 0 Å². The lowest BCUT2D eigenvalue weighted by molar-refractivity contribution is -0.0819. The molecule has 1 aliphatic heterocycles. The summed E-state index contributed by atoms with van der Waals surface area (Å²) in [5.74, 6) is 1.89. The molecule has 1 aromatic carbocycles. The summed E-state index contributed by atoms with van der Waals surface area (Å²) in [7, 11) is 0. The molecule has 0 saturated heterocycles. The van der Waals surface area contributed by atoms with Crippen LogP contribution in [0.15, 0.2) is 52.8 Å². The third kappa shape index (κ3) is 1.78. The van der Waals surface area contributed by atoms with Gasteiger partial charge in [-0.15, -0.1) is 0 Å². The van der Waals surface area contributed by atoms with Crippen LogP contribution in [-0.4, -0.2) is 11.4 Å². The van der Waals surface area contributed by atoms with Gasteiger partial charge >= 0.3 is 0 Å². The Bertz CT molecular complexity index is 655. The Labute approximate surface area is 117 Å². The van der Waals surface area contributed by atoms with Gasteiger partial charge in [0.05, 0.1) is 12.2 Å². The third-order valence-corrected chi connectivity index (χ3v) is 4.18. The fourth-order valence-electron chi connectivity index (χ4n) is 3.32. The summed E-state index contributed by atoms with van der Waals surface area (Å²) >= 11 is 0. The SMILES string of the molecule is OC1C[C@@H](c2ccco2)C2=C(CCc3ccccc32)O1. The lowest BCUT2D eigenvalue weighted by Crippen LogP contribution is -2.26. The molecular weight excluding hydrogens is 252 g/mol. The van der Waals surface area contributed by atoms with Crippen molar-refractivity contribution < 1.29 is 14.3 Å². The quantitative estimate of drug-likeness (QED) is 0.861. The van der Waals surface area contributed by atoms with Crippen LogP contribution in [0.4, 0.5) is 0 Å². The molecule has 0 bridgehead atoms. The number of aryl methyl sites for hydroxylation is 1. The van der Waals surface area contributed by atoms with Gasteiger partial charge in [0.15, 0.2) is 6.29 Å². The van der Waals surface area contributed by atoms with Gasteiger partial charge in [-0.2, -0.15) is 0 Å². The highest BCUT2D eigenvalue weighted by Gasteiger charge is 2.35. The molecule has 0 amide bonds. The van der Waals surface area contributed by atoms with Gasteiger partial charge in [-0.1, -0.05) is 24.3 Å². The van der Waals surface area contributed by atoms with Crippen molar-refractivity contribution in [1.29, 1.82) is 0 Å². The number of aliphatic hydroxyl groups excluding tert-OH is 1. The maximum atomic E-state index is 9.97. The second-order valence-electron chi connectivity index (χ2n) is 5.37. The second-order valence-corrected chi connectivity index (χ2v) is 5.37. The van der Waals surface area contributed by atoms with E-state index in [4.69, 9.17) is 9.15 Å². The largest absolute Gasteiger partial charge is 0.469 e. The average Bonchev–Trinajstić information content (AvgIpc) is 3.00. The molecule has 0 radical (unpaired) electrons. The van der Waals surface area contributed by atoms with E-state index >= 15 is 0 Å². The van der Waals surface area contributed by atoms with Crippen LogP contribution in [0.5, 0.6) is 0 Å². The molecule has 1 aromatic heterocycles. The van der Waals surface area contributed by atoms with Crippen molar-refractivity contribution in [3.05, 3.63) is 65.3 Å². The van der Waals surface area contributed by atoms with Crippen LogP contribution in [0.3, 0.4) is 0 Å². The van der Waals surface area contributed by atoms with Crippen molar-refractivity contribution in [3.8, 4) is 0 Å². The zero-order valence-electron chi connectivity index (χ0n) is 11.1. The Morgan fingerprint density at radius 3 is 2.80 bits per heavy atom. The molecule has 0 fully saturated rings. The van der Waals surface area contributed by atoms with Crippen LogP contribution in [0, 0.1) is 0 Å². The van der Waals surface area contributed by atoms with Crippen molar-refractivity contribution in [2.45, 2.75) is 31.5 Å². The molecule has 3 nitrogen and oxygen atoms in total. The zero-order chi connectivity index (χ0) is 13.5. The van der Waals surface area contributed by atoms with Crippen LogP contribution in [-0.2, 0) is 11.2 Å². The number of hydrogen-bond donors (Lipinski definition) is 1. The number of rotatable bonds is 1. The predicted molar refractivity (Wildman–Crippen MR) is 74.8 cm³/mol. The van der Waals surface area contributed by atoms with E-state index in [1.54, 1.807) is 6.26 Å². The van der Waals surface area contributed by atoms with Crippen molar-refractivity contribution in [2.24, 2.45) is 0 Å². The highest BCUT2D eigenvalue weighted by atomic mass is 16.6. The number of ether oxygens (including phenoxy) is 1. The molecule has 2 atom stereocenters. The zero-order valence-corrected chi connectivity index (χ0v) is 11.1. The maximum Gasteiger partial charge on any atom is 0.197 e. The number of allylic oxidation sites excluding steroid dienone is 2. The molecule has 0 spiro atoms. The smallest absolute Gasteiger partial charge is 0.197 e. The summed E-state index contributed by atoms with van der Waals surface area (Å²) < 4.78 is 11.3. The molecular formula is C17H16O3. The minimum atomic E-state index is -0.742. The second kappa shape index (κ2) is 4.53. The van der Waals surface area contributed by atoms with E-state index in [-0.39, 0.29) is 5.92 Å². The predicted octanol–water partition coefficient (Wildman–Crippen LogP) is 3.46. The third-order valence-electron chi connectivity index (χ3n) is 4.18. The normalized spacial score (nSPS) is 24.9. The van der Waals surface area contributed by atoms with Crippen LogP contribution in [0.25, 0.3) is 5.57 Å². The van der Waals surface area contributed by atoms with Gasteiger partial charge in [0, 0.05) is 18.4 Å². The lowest BCUT2D eigenvalue weighted by atomic mass is 9.79. The number of fused-ring (bicyclic) bond motifs is 2. The van der Waals surface area contributed by atoms with E-state index in [1.165, 1.54) is 16.7 Å². The van der Waals surface area contributed by atoms with Crippen LogP contribution < -0.4 is 0 Å². The fraction of sp³-hybridized carbons (Fsp3) is 0.294. The Balaban J connectivity index is 1.88. The van der Waals surface area contributed by atoms with Gasteiger partial charge in [0.2, 0.25) is 0 Å². The molecule has 3 heteroatoms. The highest BCUT2D eigenvalue weighted by molar-refractivity contribution is 5.77. The van der Waals surface area contributed by atoms with Crippen LogP contribution in [0.2, 0.25) is 0 Å². The molecule has 20 heavy (non-hydrogen) atoms. The molecule has 102 valence electrons. The van der Waals surface area contributed by atoms with Gasteiger partial charge in [0.1, 0.15) is 11.5 Å². The lowest BCUT2D eigenvalue weighted by Gasteiger charge is -2.34. The first-order valence-corrected chi connectivity index (χ1v) is 7.02. The van der Waals surface area contributed by atoms with Crippen molar-refractivity contribution in [2.75, 3.05) is 0 Å². The number of furan rings is 1. The van der Waals surface area contributed by atoms with Gasteiger partial charge < -0.3 is 14.3 Å². The number of aliphatic hydroxyl groups is 1. The first-order chi connectivity index (χ1) is 9.83. The summed E-state index contributed by atoms with van der Waals surface area (Å²) in [6, 6.07) is 12.3. The van der Waals surface area contributed by atoms with E-state index in [0.717, 1.165) is 24.4 Å². The molecule has 2 aliphatic rings. The molecule has 2 heterocycles. The van der Waals surface area contributed by atoms with Crippen molar-refractivity contribution in [1.82, 2.24) is 0 Å². The van der Waals surface area contributed by atoms with Crippen LogP contribution in [0.1, 0.15) is 35.6 Å². The van der Waals surface area contributed by atoms with E-state index < -0.39 is 6.29 Å². The standard InChI is InChI=1S/C17H16O3/c18-16-10-13(14-6-3-9-19-14)17-12-5-2-1-4-11(12)7-8-15(17)20-16/h1-6,9,13,16,18H,7-8,10H2/t13-,16?/m0/s1. The Morgan fingerprint density at radius 2 is 1.95 bits per heavy atom. The van der Waals surface area contributed by atoms with Gasteiger partial charge in [-0.25, -0.2) is 0 Å². The Hall–Kier alpha value is -2.00. The van der Waals surface area contributed by atoms with Crippen molar-refractivity contribution >= 4 is 5.57 Å². The van der Waals surface area contributed by atoms with Crippen molar-refractivity contribution in [3.63, 3.8) is 0 Å². The summed E-state index contributed by atoms with van der Waals surface area (Å²) in [6.07, 6.45) is 3.30. The van der Waals surface area contributed by atoms with E-state index in [9.17, 15) is 5.11 Å². The van der Waals surface area contributed by atoms with E-state index in [2.05, 4.69) is 24.3 Å². The maximum absolute atomic E-state index is 9.97. The average molecular weight is 268 g/mol. The molecule has 1 unspecified atom stereocenters. The van der Waals surface area contributed by atoms with Gasteiger partial charge in [-0.05, 0) is 29.7 Å². The molecule has 0 saturated carbocycles. The highest BCUT2D eigenvalue weighted by Crippen LogP contribution is 2.46. The summed E-state index contributed by atoms with van der Waals surface area (Å²) in [6.45, 7) is 0. The minimum Gasteiger partial charge on any atom is -0.469 e. The van der Waals surface area contributed by atoms with Gasteiger partial charge in [-0.3, -0.25) is 0 Å². The minimum absolute atomic E-state index is 0.0743. The van der Waals surface area contributed by atoms with E-state index in [0.29, 0.717) is 6.42 Å². The summed E-state index contributed by atoms with van der Waals surface area (Å²) in [5.41, 5.74) is 3.77. The monoisotopic (exact) mass is 268 g/mol. The summed E-state index contributed by atoms with van der Waals surface area (Å²) in [5, 5.41) is 9.97. The Morgan fingerprint density at radius 1 is 1.05 bits per heavy atom. The molecule has 1 N–H and O–H groups in total. The molecule has 1 aliphatic carbocycles. The van der Waals surface area contributed by atoms with Crippen LogP contribution >= 0.6 is 0 Å². The first kappa shape index (κ1) is 11.8. The molecule has 4 rings (SSSR count). The topological polar surface area (TPSA) is 42.6 Å². The fourth-order valence-corrected chi connectivity index (χ4v) is 3.32. The first-order valence-electron chi connectivity index (χ1n) is 7.02. The number of benzene rings is 1. The molecule has 2 aromatic rings. The number of hydrogen-bond acceptors (Lipinski definition) is 3. The Kier molecular flexibility index (Phi) is 2.67. The summed E-state index contributed by atoms with van der Waals surface area (Å²) in [4.78, 5) is 0.